The zero-order valence-electron chi connectivity index (χ0n) is 6.32. The van der Waals surface area contributed by atoms with Gasteiger partial charge in [0.1, 0.15) is 0 Å². The Morgan fingerprint density at radius 2 is 1.90 bits per heavy atom. The van der Waals surface area contributed by atoms with Gasteiger partial charge in [-0.1, -0.05) is 13.2 Å². The van der Waals surface area contributed by atoms with Crippen molar-refractivity contribution in [2.24, 2.45) is 5.41 Å². The maximum atomic E-state index is 11.1. The molecular weight excluding hydrogens is 126 g/mol. The molecule has 0 spiro atoms. The topological polar surface area (TPSA) is 29.1 Å². The minimum atomic E-state index is -0.461. The van der Waals surface area contributed by atoms with Crippen molar-refractivity contribution in [1.82, 2.24) is 5.32 Å². The van der Waals surface area contributed by atoms with Crippen LogP contribution < -0.4 is 5.32 Å². The van der Waals surface area contributed by atoms with Crippen molar-refractivity contribution >= 4 is 5.91 Å². The fraction of sp³-hybridized carbons (Fsp3) is 0.375. The number of hydrogen-bond donors (Lipinski definition) is 1. The molecule has 10 heavy (non-hydrogen) atoms. The van der Waals surface area contributed by atoms with E-state index < -0.39 is 5.41 Å². The molecule has 0 bridgehead atoms. The molecule has 1 fully saturated rings. The minimum Gasteiger partial charge on any atom is -0.326 e. The minimum absolute atomic E-state index is 0.0116. The van der Waals surface area contributed by atoms with E-state index in [-0.39, 0.29) is 5.91 Å². The highest BCUT2D eigenvalue weighted by Crippen LogP contribution is 2.34. The van der Waals surface area contributed by atoms with Gasteiger partial charge < -0.3 is 5.32 Å². The number of amides is 1. The highest BCUT2D eigenvalue weighted by atomic mass is 16.2. The molecule has 0 atom stereocenters. The van der Waals surface area contributed by atoms with Gasteiger partial charge in [0.25, 0.3) is 0 Å². The Hall–Kier alpha value is -1.05. The molecule has 54 valence electrons. The average molecular weight is 137 g/mol. The number of hydrogen-bond acceptors (Lipinski definition) is 1. The molecule has 1 N–H and O–H groups in total. The van der Waals surface area contributed by atoms with Crippen LogP contribution in [0.4, 0.5) is 0 Å². The summed E-state index contributed by atoms with van der Waals surface area (Å²) in [5, 5.41) is 2.62. The molecule has 2 heteroatoms. The van der Waals surface area contributed by atoms with Gasteiger partial charge in [0.15, 0.2) is 0 Å². The molecule has 0 unspecified atom stereocenters. The third kappa shape index (κ3) is 0.685. The van der Waals surface area contributed by atoms with E-state index in [2.05, 4.69) is 18.5 Å². The van der Waals surface area contributed by atoms with Gasteiger partial charge in [0, 0.05) is 5.70 Å². The van der Waals surface area contributed by atoms with Crippen molar-refractivity contribution in [3.8, 4) is 0 Å². The van der Waals surface area contributed by atoms with Crippen molar-refractivity contribution in [1.29, 1.82) is 0 Å². The fourth-order valence-corrected chi connectivity index (χ4v) is 0.883. The Labute approximate surface area is 60.6 Å². The van der Waals surface area contributed by atoms with E-state index in [1.165, 1.54) is 0 Å². The van der Waals surface area contributed by atoms with Crippen LogP contribution >= 0.6 is 0 Å². The molecule has 1 aliphatic heterocycles. The lowest BCUT2D eigenvalue weighted by Gasteiger charge is -2.13. The molecule has 0 aliphatic carbocycles. The van der Waals surface area contributed by atoms with E-state index in [4.69, 9.17) is 0 Å². The summed E-state index contributed by atoms with van der Waals surface area (Å²) in [6, 6.07) is 0. The first kappa shape index (κ1) is 7.06. The van der Waals surface area contributed by atoms with E-state index in [0.29, 0.717) is 5.70 Å². The molecule has 0 aromatic carbocycles. The lowest BCUT2D eigenvalue weighted by Crippen LogP contribution is -2.25. The van der Waals surface area contributed by atoms with Gasteiger partial charge in [-0.25, -0.2) is 0 Å². The molecule has 1 aliphatic rings. The highest BCUT2D eigenvalue weighted by Gasteiger charge is 2.38. The highest BCUT2D eigenvalue weighted by molar-refractivity contribution is 5.92. The predicted octanol–water partition coefficient (Wildman–Crippen LogP) is 1.21. The normalized spacial score (nSPS) is 23.2. The summed E-state index contributed by atoms with van der Waals surface area (Å²) in [5.41, 5.74) is 0.976. The molecule has 1 rings (SSSR count). The largest absolute Gasteiger partial charge is 0.326 e. The molecule has 0 aromatic rings. The van der Waals surface area contributed by atoms with Gasteiger partial charge in [-0.15, -0.1) is 0 Å². The summed E-state index contributed by atoms with van der Waals surface area (Å²) >= 11 is 0. The van der Waals surface area contributed by atoms with E-state index in [0.717, 1.165) is 5.57 Å². The molecule has 0 radical (unpaired) electrons. The van der Waals surface area contributed by atoms with Gasteiger partial charge in [-0.2, -0.15) is 0 Å². The van der Waals surface area contributed by atoms with Crippen LogP contribution in [-0.4, -0.2) is 5.91 Å². The van der Waals surface area contributed by atoms with Crippen LogP contribution in [0.3, 0.4) is 0 Å². The first-order chi connectivity index (χ1) is 4.46. The summed E-state index contributed by atoms with van der Waals surface area (Å²) in [7, 11) is 0. The Balaban J connectivity index is 3.08. The van der Waals surface area contributed by atoms with Crippen LogP contribution in [-0.2, 0) is 4.79 Å². The second-order valence-corrected chi connectivity index (χ2v) is 3.04. The number of nitrogens with one attached hydrogen (secondary N) is 1. The molecule has 1 heterocycles. The lowest BCUT2D eigenvalue weighted by atomic mass is 9.87. The average Bonchev–Trinajstić information content (AvgIpc) is 1.97. The van der Waals surface area contributed by atoms with E-state index in [1.807, 2.05) is 13.8 Å². The van der Waals surface area contributed by atoms with Crippen LogP contribution in [0.25, 0.3) is 0 Å². The maximum Gasteiger partial charge on any atom is 0.234 e. The summed E-state index contributed by atoms with van der Waals surface area (Å²) in [6.45, 7) is 11.1. The number of rotatable bonds is 0. The number of allylic oxidation sites excluding steroid dienone is 1. The van der Waals surface area contributed by atoms with E-state index >= 15 is 0 Å². The van der Waals surface area contributed by atoms with Gasteiger partial charge >= 0.3 is 0 Å². The summed E-state index contributed by atoms with van der Waals surface area (Å²) in [6.07, 6.45) is 0. The molecule has 0 saturated carbocycles. The predicted molar refractivity (Wildman–Crippen MR) is 40.2 cm³/mol. The van der Waals surface area contributed by atoms with Gasteiger partial charge in [0.2, 0.25) is 5.91 Å². The Morgan fingerprint density at radius 3 is 2.00 bits per heavy atom. The van der Waals surface area contributed by atoms with Gasteiger partial charge in [-0.05, 0) is 19.4 Å². The van der Waals surface area contributed by atoms with Gasteiger partial charge in [0.05, 0.1) is 5.41 Å². The van der Waals surface area contributed by atoms with Crippen molar-refractivity contribution in [3.05, 3.63) is 24.4 Å². The van der Waals surface area contributed by atoms with Crippen molar-refractivity contribution in [2.45, 2.75) is 13.8 Å². The van der Waals surface area contributed by atoms with Crippen LogP contribution in [0.2, 0.25) is 0 Å². The molecule has 0 aromatic heterocycles. The third-order valence-electron chi connectivity index (χ3n) is 1.95. The lowest BCUT2D eigenvalue weighted by molar-refractivity contribution is -0.124. The fourth-order valence-electron chi connectivity index (χ4n) is 0.883. The maximum absolute atomic E-state index is 11.1. The Bertz CT molecular complexity index is 225. The zero-order chi connectivity index (χ0) is 7.94. The number of carbonyl (C=O) groups excluding carboxylic acids is 1. The molecule has 2 nitrogen and oxygen atoms in total. The number of carbonyl (C=O) groups is 1. The quantitative estimate of drug-likeness (QED) is 0.534. The van der Waals surface area contributed by atoms with Crippen LogP contribution in [0, 0.1) is 5.41 Å². The SMILES string of the molecule is C=C1NC(=O)C(C)(C)C1=C. The third-order valence-corrected chi connectivity index (χ3v) is 1.95. The zero-order valence-corrected chi connectivity index (χ0v) is 6.32. The molecule has 1 saturated heterocycles. The summed E-state index contributed by atoms with van der Waals surface area (Å²) in [5.74, 6) is -0.0116. The standard InChI is InChI=1S/C8H11NO/c1-5-6(2)9-7(10)8(5,3)4/h1-2H2,3-4H3,(H,9,10). The van der Waals surface area contributed by atoms with E-state index in [9.17, 15) is 4.79 Å². The summed E-state index contributed by atoms with van der Waals surface area (Å²) < 4.78 is 0. The Morgan fingerprint density at radius 1 is 1.40 bits per heavy atom. The summed E-state index contributed by atoms with van der Waals surface area (Å²) in [4.78, 5) is 11.1. The van der Waals surface area contributed by atoms with Crippen molar-refractivity contribution in [3.63, 3.8) is 0 Å². The first-order valence-corrected chi connectivity index (χ1v) is 3.16. The molecule has 1 amide bonds. The van der Waals surface area contributed by atoms with Gasteiger partial charge in [-0.3, -0.25) is 4.79 Å². The van der Waals surface area contributed by atoms with Crippen molar-refractivity contribution < 1.29 is 4.79 Å². The van der Waals surface area contributed by atoms with Crippen LogP contribution in [0.15, 0.2) is 24.4 Å². The Kier molecular flexibility index (Phi) is 1.21. The van der Waals surface area contributed by atoms with E-state index in [1.54, 1.807) is 0 Å². The van der Waals surface area contributed by atoms with Crippen LogP contribution in [0.5, 0.6) is 0 Å². The monoisotopic (exact) mass is 137 g/mol. The second kappa shape index (κ2) is 1.72. The van der Waals surface area contributed by atoms with Crippen LogP contribution in [0.1, 0.15) is 13.8 Å². The smallest absolute Gasteiger partial charge is 0.234 e. The van der Waals surface area contributed by atoms with Crippen molar-refractivity contribution in [2.75, 3.05) is 0 Å². The molecular formula is C8H11NO. The second-order valence-electron chi connectivity index (χ2n) is 3.04. The first-order valence-electron chi connectivity index (χ1n) is 3.16.